The van der Waals surface area contributed by atoms with Crippen molar-refractivity contribution in [3.8, 4) is 0 Å². The molecule has 2 nitrogen and oxygen atoms in total. The van der Waals surface area contributed by atoms with Crippen molar-refractivity contribution in [1.82, 2.24) is 4.90 Å². The Morgan fingerprint density at radius 1 is 1.17 bits per heavy atom. The number of hydrogen-bond donors (Lipinski definition) is 0. The van der Waals surface area contributed by atoms with Crippen LogP contribution in [-0.4, -0.2) is 23.7 Å². The van der Waals surface area contributed by atoms with Gasteiger partial charge >= 0.3 is 0 Å². The second kappa shape index (κ2) is 5.91. The molecule has 0 saturated carbocycles. The number of thioether (sulfide) groups is 1. The SMILES string of the molecule is CCCN(C)C(=O)Sc1cccc2ccccc12. The molecule has 0 radical (unpaired) electrons. The summed E-state index contributed by atoms with van der Waals surface area (Å²) in [5, 5.41) is 2.42. The van der Waals surface area contributed by atoms with Crippen molar-refractivity contribution in [2.75, 3.05) is 13.6 Å². The van der Waals surface area contributed by atoms with Gasteiger partial charge in [-0.25, -0.2) is 0 Å². The highest BCUT2D eigenvalue weighted by Crippen LogP contribution is 2.29. The van der Waals surface area contributed by atoms with Crippen molar-refractivity contribution in [3.05, 3.63) is 42.5 Å². The lowest BCUT2D eigenvalue weighted by Gasteiger charge is -2.15. The van der Waals surface area contributed by atoms with Crippen LogP contribution in [0, 0.1) is 0 Å². The van der Waals surface area contributed by atoms with Gasteiger partial charge in [0.05, 0.1) is 0 Å². The Balaban J connectivity index is 2.24. The van der Waals surface area contributed by atoms with Crippen LogP contribution in [0.5, 0.6) is 0 Å². The van der Waals surface area contributed by atoms with E-state index in [1.54, 1.807) is 4.90 Å². The fraction of sp³-hybridized carbons (Fsp3) is 0.267. The van der Waals surface area contributed by atoms with E-state index in [0.717, 1.165) is 23.2 Å². The molecule has 0 aliphatic rings. The minimum Gasteiger partial charge on any atom is -0.336 e. The quantitative estimate of drug-likeness (QED) is 0.762. The summed E-state index contributed by atoms with van der Waals surface area (Å²) in [6, 6.07) is 14.2. The molecule has 2 aromatic carbocycles. The van der Waals surface area contributed by atoms with Crippen LogP contribution in [0.4, 0.5) is 4.79 Å². The molecule has 0 fully saturated rings. The van der Waals surface area contributed by atoms with E-state index in [0.29, 0.717) is 0 Å². The van der Waals surface area contributed by atoms with E-state index in [-0.39, 0.29) is 5.24 Å². The molecule has 0 aliphatic heterocycles. The average Bonchev–Trinajstić information content (AvgIpc) is 2.39. The van der Waals surface area contributed by atoms with E-state index < -0.39 is 0 Å². The molecular weight excluding hydrogens is 242 g/mol. The van der Waals surface area contributed by atoms with Gasteiger partial charge in [-0.2, -0.15) is 0 Å². The largest absolute Gasteiger partial charge is 0.336 e. The second-order valence-electron chi connectivity index (χ2n) is 4.27. The minimum atomic E-state index is 0.105. The molecular formula is C15H17NOS. The number of benzene rings is 2. The molecule has 0 spiro atoms. The Kier molecular flexibility index (Phi) is 4.26. The number of carbonyl (C=O) groups is 1. The van der Waals surface area contributed by atoms with E-state index in [2.05, 4.69) is 25.1 Å². The van der Waals surface area contributed by atoms with Crippen LogP contribution >= 0.6 is 11.8 Å². The summed E-state index contributed by atoms with van der Waals surface area (Å²) in [6.45, 7) is 2.88. The van der Waals surface area contributed by atoms with Crippen LogP contribution in [0.25, 0.3) is 10.8 Å². The topological polar surface area (TPSA) is 20.3 Å². The first-order valence-electron chi connectivity index (χ1n) is 6.13. The van der Waals surface area contributed by atoms with Gasteiger partial charge in [-0.05, 0) is 35.0 Å². The first kappa shape index (κ1) is 13.0. The predicted octanol–water partition coefficient (Wildman–Crippen LogP) is 4.39. The number of rotatable bonds is 3. The normalized spacial score (nSPS) is 10.6. The Hall–Kier alpha value is -1.48. The summed E-state index contributed by atoms with van der Waals surface area (Å²) < 4.78 is 0. The van der Waals surface area contributed by atoms with E-state index in [9.17, 15) is 4.79 Å². The van der Waals surface area contributed by atoms with Gasteiger partial charge in [0.15, 0.2) is 0 Å². The highest BCUT2D eigenvalue weighted by atomic mass is 32.2. The van der Waals surface area contributed by atoms with Crippen molar-refractivity contribution in [2.45, 2.75) is 18.2 Å². The van der Waals surface area contributed by atoms with Crippen LogP contribution in [0.3, 0.4) is 0 Å². The lowest BCUT2D eigenvalue weighted by molar-refractivity contribution is 0.233. The molecule has 1 amide bonds. The van der Waals surface area contributed by atoms with Crippen LogP contribution in [0.1, 0.15) is 13.3 Å². The molecule has 0 N–H and O–H groups in total. The first-order valence-corrected chi connectivity index (χ1v) is 6.94. The highest BCUT2D eigenvalue weighted by Gasteiger charge is 2.11. The Morgan fingerprint density at radius 3 is 2.67 bits per heavy atom. The molecule has 0 atom stereocenters. The molecule has 0 aromatic heterocycles. The van der Waals surface area contributed by atoms with Crippen molar-refractivity contribution in [3.63, 3.8) is 0 Å². The van der Waals surface area contributed by atoms with Gasteiger partial charge in [-0.1, -0.05) is 43.3 Å². The standard InChI is InChI=1S/C15H17NOS/c1-3-11-16(2)15(17)18-14-10-6-8-12-7-4-5-9-13(12)14/h4-10H,3,11H2,1-2H3. The van der Waals surface area contributed by atoms with Crippen LogP contribution < -0.4 is 0 Å². The highest BCUT2D eigenvalue weighted by molar-refractivity contribution is 8.13. The number of amides is 1. The zero-order valence-electron chi connectivity index (χ0n) is 10.7. The Labute approximate surface area is 112 Å². The van der Waals surface area contributed by atoms with E-state index >= 15 is 0 Å². The van der Waals surface area contributed by atoms with Gasteiger partial charge in [-0.3, -0.25) is 4.79 Å². The fourth-order valence-corrected chi connectivity index (χ4v) is 2.76. The predicted molar refractivity (Wildman–Crippen MR) is 78.1 cm³/mol. The zero-order valence-corrected chi connectivity index (χ0v) is 11.5. The number of hydrogen-bond acceptors (Lipinski definition) is 2. The van der Waals surface area contributed by atoms with Gasteiger partial charge in [-0.15, -0.1) is 0 Å². The third-order valence-electron chi connectivity index (χ3n) is 2.82. The van der Waals surface area contributed by atoms with Crippen molar-refractivity contribution >= 4 is 27.8 Å². The van der Waals surface area contributed by atoms with E-state index in [4.69, 9.17) is 0 Å². The monoisotopic (exact) mass is 259 g/mol. The summed E-state index contributed by atoms with van der Waals surface area (Å²) in [5.41, 5.74) is 0. The third kappa shape index (κ3) is 2.85. The van der Waals surface area contributed by atoms with E-state index in [1.165, 1.54) is 17.1 Å². The Bertz CT molecular complexity index is 548. The maximum atomic E-state index is 12.0. The van der Waals surface area contributed by atoms with Crippen LogP contribution in [0.2, 0.25) is 0 Å². The first-order chi connectivity index (χ1) is 8.72. The minimum absolute atomic E-state index is 0.105. The maximum absolute atomic E-state index is 12.0. The zero-order chi connectivity index (χ0) is 13.0. The van der Waals surface area contributed by atoms with E-state index in [1.807, 2.05) is 31.3 Å². The van der Waals surface area contributed by atoms with Gasteiger partial charge in [0.25, 0.3) is 5.24 Å². The third-order valence-corrected chi connectivity index (χ3v) is 3.88. The molecule has 0 unspecified atom stereocenters. The van der Waals surface area contributed by atoms with Gasteiger partial charge < -0.3 is 4.90 Å². The summed E-state index contributed by atoms with van der Waals surface area (Å²) in [6.07, 6.45) is 0.984. The second-order valence-corrected chi connectivity index (χ2v) is 5.26. The molecule has 0 heterocycles. The number of fused-ring (bicyclic) bond motifs is 1. The van der Waals surface area contributed by atoms with Crippen molar-refractivity contribution < 1.29 is 4.79 Å². The smallest absolute Gasteiger partial charge is 0.286 e. The summed E-state index contributed by atoms with van der Waals surface area (Å²) in [5.74, 6) is 0. The molecule has 0 aliphatic carbocycles. The summed E-state index contributed by atoms with van der Waals surface area (Å²) >= 11 is 1.31. The maximum Gasteiger partial charge on any atom is 0.286 e. The molecule has 3 heteroatoms. The van der Waals surface area contributed by atoms with Gasteiger partial charge in [0.1, 0.15) is 0 Å². The Morgan fingerprint density at radius 2 is 1.89 bits per heavy atom. The number of nitrogens with zero attached hydrogens (tertiary/aromatic N) is 1. The average molecular weight is 259 g/mol. The van der Waals surface area contributed by atoms with Crippen LogP contribution in [-0.2, 0) is 0 Å². The summed E-state index contributed by atoms with van der Waals surface area (Å²) in [4.78, 5) is 14.8. The molecule has 18 heavy (non-hydrogen) atoms. The fourth-order valence-electron chi connectivity index (χ4n) is 1.88. The van der Waals surface area contributed by atoms with Gasteiger partial charge in [0, 0.05) is 18.5 Å². The molecule has 0 bridgehead atoms. The lowest BCUT2D eigenvalue weighted by atomic mass is 10.1. The van der Waals surface area contributed by atoms with Gasteiger partial charge in [0.2, 0.25) is 0 Å². The summed E-state index contributed by atoms with van der Waals surface area (Å²) in [7, 11) is 1.85. The molecule has 2 rings (SSSR count). The molecule has 94 valence electrons. The van der Waals surface area contributed by atoms with Crippen molar-refractivity contribution in [2.24, 2.45) is 0 Å². The number of carbonyl (C=O) groups excluding carboxylic acids is 1. The van der Waals surface area contributed by atoms with Crippen LogP contribution in [0.15, 0.2) is 47.4 Å². The van der Waals surface area contributed by atoms with Crippen molar-refractivity contribution in [1.29, 1.82) is 0 Å². The molecule has 2 aromatic rings. The molecule has 0 saturated heterocycles. The lowest BCUT2D eigenvalue weighted by Crippen LogP contribution is -2.23.